The van der Waals surface area contributed by atoms with E-state index in [-0.39, 0.29) is 14.1 Å². The maximum absolute atomic E-state index is 8.53. The molecule has 0 aliphatic carbocycles. The molecule has 1 rings (SSSR count). The molecule has 3 N–H and O–H groups in total. The van der Waals surface area contributed by atoms with Gasteiger partial charge in [-0.1, -0.05) is 17.9 Å². The standard InChI is InChI=1S/C5H10N4O2S5/c10-7-11-9(5(14)15)8(4(12)13)3-6-1-2-16-3/h3,6-7,10H,1-2H2,(H,12,13)(H,14,15). The van der Waals surface area contributed by atoms with E-state index in [4.69, 9.17) is 34.6 Å². The molecule has 6 nitrogen and oxygen atoms in total. The van der Waals surface area contributed by atoms with Crippen LogP contribution < -0.4 is 11.0 Å². The van der Waals surface area contributed by atoms with E-state index >= 15 is 0 Å². The largest absolute Gasteiger partial charge is 0.290 e. The van der Waals surface area contributed by atoms with Crippen molar-refractivity contribution < 1.29 is 10.1 Å². The topological polar surface area (TPSA) is 60.0 Å². The van der Waals surface area contributed by atoms with Gasteiger partial charge in [-0.2, -0.15) is 0 Å². The molecule has 1 saturated heterocycles. The van der Waals surface area contributed by atoms with Gasteiger partial charge in [0.05, 0.1) is 0 Å². The van der Waals surface area contributed by atoms with Crippen LogP contribution in [0.1, 0.15) is 0 Å². The van der Waals surface area contributed by atoms with Crippen molar-refractivity contribution in [2.75, 3.05) is 12.3 Å². The fraction of sp³-hybridized carbons (Fsp3) is 0.600. The zero-order valence-electron chi connectivity index (χ0n) is 7.86. The van der Waals surface area contributed by atoms with Crippen molar-refractivity contribution in [2.24, 2.45) is 0 Å². The average Bonchev–Trinajstić information content (AvgIpc) is 2.69. The van der Waals surface area contributed by atoms with Gasteiger partial charge in [0.1, 0.15) is 0 Å². The zero-order valence-corrected chi connectivity index (χ0v) is 12.1. The highest BCUT2D eigenvalue weighted by Gasteiger charge is 2.30. The fourth-order valence-electron chi connectivity index (χ4n) is 1.06. The van der Waals surface area contributed by atoms with Gasteiger partial charge in [-0.15, -0.1) is 47.1 Å². The van der Waals surface area contributed by atoms with Crippen molar-refractivity contribution in [1.29, 1.82) is 0 Å². The Kier molecular flexibility index (Phi) is 6.61. The molecule has 0 aromatic heterocycles. The highest BCUT2D eigenvalue weighted by molar-refractivity contribution is 8.11. The number of nitrogens with one attached hydrogen (secondary N) is 2. The van der Waals surface area contributed by atoms with E-state index in [9.17, 15) is 0 Å². The first-order valence-electron chi connectivity index (χ1n) is 4.04. The third-order valence-corrected chi connectivity index (χ3v) is 3.44. The number of nitrogens with zero attached hydrogens (tertiary/aromatic N) is 2. The van der Waals surface area contributed by atoms with Crippen molar-refractivity contribution in [3.05, 3.63) is 0 Å². The Balaban J connectivity index is 2.80. The summed E-state index contributed by atoms with van der Waals surface area (Å²) in [6, 6.07) is 0. The summed E-state index contributed by atoms with van der Waals surface area (Å²) in [5.41, 5.74) is 1.36. The minimum absolute atomic E-state index is 0.0762. The van der Waals surface area contributed by atoms with Gasteiger partial charge in [-0.05, 0) is 12.2 Å². The monoisotopic (exact) mass is 318 g/mol. The Morgan fingerprint density at radius 3 is 2.56 bits per heavy atom. The number of hydrazine groups is 1. The molecular formula is C5H10N4O2S5. The molecule has 11 heteroatoms. The Labute approximate surface area is 119 Å². The molecule has 1 unspecified atom stereocenters. The Morgan fingerprint density at radius 1 is 1.50 bits per heavy atom. The molecule has 1 aliphatic rings. The van der Waals surface area contributed by atoms with E-state index in [1.807, 2.05) is 0 Å². The van der Waals surface area contributed by atoms with Crippen LogP contribution in [0.5, 0.6) is 0 Å². The maximum Gasteiger partial charge on any atom is 0.183 e. The van der Waals surface area contributed by atoms with Gasteiger partial charge >= 0.3 is 0 Å². The quantitative estimate of drug-likeness (QED) is 0.289. The highest BCUT2D eigenvalue weighted by Crippen LogP contribution is 2.22. The van der Waals surface area contributed by atoms with Crippen LogP contribution in [0.2, 0.25) is 0 Å². The van der Waals surface area contributed by atoms with Gasteiger partial charge in [-0.3, -0.25) is 10.5 Å². The molecule has 0 radical (unpaired) electrons. The van der Waals surface area contributed by atoms with Crippen LogP contribution in [0.15, 0.2) is 0 Å². The van der Waals surface area contributed by atoms with Crippen LogP contribution in [0.3, 0.4) is 0 Å². The predicted octanol–water partition coefficient (Wildman–Crippen LogP) is 0.380. The summed E-state index contributed by atoms with van der Waals surface area (Å²) in [7, 11) is 0. The van der Waals surface area contributed by atoms with Crippen molar-refractivity contribution in [3.63, 3.8) is 0 Å². The Morgan fingerprint density at radius 2 is 2.19 bits per heavy atom. The molecule has 16 heavy (non-hydrogen) atoms. The summed E-state index contributed by atoms with van der Waals surface area (Å²) in [5.74, 6) is 0.928. The van der Waals surface area contributed by atoms with Gasteiger partial charge in [0, 0.05) is 12.3 Å². The van der Waals surface area contributed by atoms with E-state index in [1.54, 1.807) is 11.8 Å². The summed E-state index contributed by atoms with van der Waals surface area (Å²) in [6.45, 7) is 0.835. The van der Waals surface area contributed by atoms with Crippen LogP contribution in [0, 0.1) is 0 Å². The molecule has 1 heterocycles. The molecule has 92 valence electrons. The zero-order chi connectivity index (χ0) is 12.1. The van der Waals surface area contributed by atoms with Gasteiger partial charge in [0.25, 0.3) is 0 Å². The first-order chi connectivity index (χ1) is 7.57. The van der Waals surface area contributed by atoms with Crippen LogP contribution in [-0.2, 0) is 4.94 Å². The summed E-state index contributed by atoms with van der Waals surface area (Å²) >= 11 is 19.5. The lowest BCUT2D eigenvalue weighted by atomic mass is 10.7. The summed E-state index contributed by atoms with van der Waals surface area (Å²) < 4.78 is 0.311. The second kappa shape index (κ2) is 7.18. The minimum atomic E-state index is -0.163. The number of hydroxylamine groups is 1. The molecule has 0 saturated carbocycles. The Hall–Kier alpha value is 0.670. The van der Waals surface area contributed by atoms with Crippen LogP contribution in [0.25, 0.3) is 0 Å². The van der Waals surface area contributed by atoms with Crippen LogP contribution >= 0.6 is 61.5 Å². The summed E-state index contributed by atoms with van der Waals surface area (Å²) in [4.78, 5) is 4.70. The number of thiocarbonyl (C=S) groups is 2. The number of thioether (sulfide) groups is 1. The number of hydrogen-bond acceptors (Lipinski definition) is 7. The predicted molar refractivity (Wildman–Crippen MR) is 77.1 cm³/mol. The second-order valence-corrected chi connectivity index (χ2v) is 5.96. The van der Waals surface area contributed by atoms with Crippen molar-refractivity contribution in [3.8, 4) is 0 Å². The third kappa shape index (κ3) is 3.85. The lowest BCUT2D eigenvalue weighted by Crippen LogP contribution is -2.54. The fourth-order valence-corrected chi connectivity index (χ4v) is 2.87. The van der Waals surface area contributed by atoms with Gasteiger partial charge in [-0.25, -0.2) is 5.01 Å². The second-order valence-electron chi connectivity index (χ2n) is 2.54. The lowest BCUT2D eigenvalue weighted by Gasteiger charge is -2.36. The van der Waals surface area contributed by atoms with Crippen molar-refractivity contribution >= 4 is 70.1 Å². The maximum atomic E-state index is 8.53. The molecule has 0 aromatic carbocycles. The smallest absolute Gasteiger partial charge is 0.183 e. The lowest BCUT2D eigenvalue weighted by molar-refractivity contribution is -0.307. The van der Waals surface area contributed by atoms with E-state index in [0.29, 0.717) is 0 Å². The number of thiol groups is 2. The number of hydrogen-bond donors (Lipinski definition) is 5. The van der Waals surface area contributed by atoms with E-state index in [2.05, 4.69) is 30.6 Å². The summed E-state index contributed by atoms with van der Waals surface area (Å²) in [6.07, 6.45) is 0. The highest BCUT2D eigenvalue weighted by atomic mass is 32.2. The molecule has 0 amide bonds. The molecule has 0 bridgehead atoms. The molecule has 1 fully saturated rings. The van der Waals surface area contributed by atoms with Crippen molar-refractivity contribution in [2.45, 2.75) is 5.50 Å². The SMILES string of the molecule is ONON(C(=S)S)N(C(=S)S)C1NCCS1. The molecule has 0 spiro atoms. The van der Waals surface area contributed by atoms with Gasteiger partial charge in [0.2, 0.25) is 0 Å². The molecule has 0 aromatic rings. The first-order valence-corrected chi connectivity index (χ1v) is 6.80. The molecular weight excluding hydrogens is 308 g/mol. The first kappa shape index (κ1) is 14.7. The van der Waals surface area contributed by atoms with Crippen LogP contribution in [0.4, 0.5) is 0 Å². The summed E-state index contributed by atoms with van der Waals surface area (Å²) in [5, 5.41) is 14.2. The van der Waals surface area contributed by atoms with Gasteiger partial charge < -0.3 is 0 Å². The van der Waals surface area contributed by atoms with E-state index in [1.165, 1.54) is 10.7 Å². The normalized spacial score (nSPS) is 19.6. The molecule has 1 aliphatic heterocycles. The minimum Gasteiger partial charge on any atom is -0.290 e. The molecule has 1 atom stereocenters. The number of rotatable bonds is 3. The van der Waals surface area contributed by atoms with E-state index in [0.717, 1.165) is 17.5 Å². The van der Waals surface area contributed by atoms with Gasteiger partial charge in [0.15, 0.2) is 14.1 Å². The third-order valence-electron chi connectivity index (χ3n) is 1.60. The van der Waals surface area contributed by atoms with Crippen LogP contribution in [-0.4, -0.2) is 41.8 Å². The van der Waals surface area contributed by atoms with Crippen molar-refractivity contribution in [1.82, 2.24) is 21.1 Å². The van der Waals surface area contributed by atoms with E-state index < -0.39 is 0 Å². The average molecular weight is 318 g/mol. The Bertz CT molecular complexity index is 274.